The second-order valence-electron chi connectivity index (χ2n) is 6.57. The van der Waals surface area contributed by atoms with Gasteiger partial charge in [0, 0.05) is 28.7 Å². The van der Waals surface area contributed by atoms with Gasteiger partial charge in [-0.05, 0) is 54.8 Å². The summed E-state index contributed by atoms with van der Waals surface area (Å²) in [5.41, 5.74) is 4.25. The molecule has 0 radical (unpaired) electrons. The second kappa shape index (κ2) is 8.26. The third kappa shape index (κ3) is 3.89. The fraction of sp³-hybridized carbons (Fsp3) is 0.130. The maximum absolute atomic E-state index is 9.34. The quantitative estimate of drug-likeness (QED) is 0.470. The van der Waals surface area contributed by atoms with E-state index in [1.54, 1.807) is 19.5 Å². The summed E-state index contributed by atoms with van der Waals surface area (Å²) in [6.45, 7) is 0. The van der Waals surface area contributed by atoms with Gasteiger partial charge in [-0.2, -0.15) is 10.4 Å². The van der Waals surface area contributed by atoms with Gasteiger partial charge >= 0.3 is 0 Å². The Kier molecular flexibility index (Phi) is 5.37. The van der Waals surface area contributed by atoms with E-state index in [2.05, 4.69) is 21.3 Å². The summed E-state index contributed by atoms with van der Waals surface area (Å²) >= 11 is 6.24. The van der Waals surface area contributed by atoms with E-state index in [1.165, 1.54) is 0 Å². The molecule has 142 valence electrons. The summed E-state index contributed by atoms with van der Waals surface area (Å²) < 4.78 is 5.21. The number of ether oxygens (including phenoxy) is 1. The molecular formula is C23H17ClN4O. The lowest BCUT2D eigenvalue weighted by molar-refractivity contribution is 0.415. The summed E-state index contributed by atoms with van der Waals surface area (Å²) in [6, 6.07) is 17.4. The molecule has 2 aromatic carbocycles. The van der Waals surface area contributed by atoms with Crippen molar-refractivity contribution in [2.75, 3.05) is 7.11 Å². The van der Waals surface area contributed by atoms with Crippen LogP contribution in [0, 0.1) is 11.3 Å². The summed E-state index contributed by atoms with van der Waals surface area (Å²) in [5, 5.41) is 20.8. The average Bonchev–Trinajstić information content (AvgIpc) is 2.77. The molecule has 0 fully saturated rings. The molecule has 0 saturated carbocycles. The van der Waals surface area contributed by atoms with E-state index in [4.69, 9.17) is 16.3 Å². The third-order valence-electron chi connectivity index (χ3n) is 4.81. The van der Waals surface area contributed by atoms with Gasteiger partial charge in [-0.3, -0.25) is 4.98 Å². The maximum atomic E-state index is 9.34. The normalized spacial score (nSPS) is 10.7. The van der Waals surface area contributed by atoms with E-state index in [1.807, 2.05) is 48.5 Å². The monoisotopic (exact) mass is 400 g/mol. The molecule has 5 nitrogen and oxygen atoms in total. The molecule has 0 unspecified atom stereocenters. The zero-order valence-corrected chi connectivity index (χ0v) is 16.5. The predicted molar refractivity (Wildman–Crippen MR) is 113 cm³/mol. The van der Waals surface area contributed by atoms with Crippen molar-refractivity contribution >= 4 is 22.4 Å². The molecule has 2 heterocycles. The van der Waals surface area contributed by atoms with Gasteiger partial charge in [0.05, 0.1) is 29.5 Å². The van der Waals surface area contributed by atoms with Crippen molar-refractivity contribution in [1.82, 2.24) is 15.2 Å². The van der Waals surface area contributed by atoms with Crippen LogP contribution in [0.15, 0.2) is 60.9 Å². The highest BCUT2D eigenvalue weighted by Crippen LogP contribution is 2.29. The van der Waals surface area contributed by atoms with Crippen molar-refractivity contribution in [3.8, 4) is 23.1 Å². The molecule has 0 atom stereocenters. The Morgan fingerprint density at radius 2 is 1.79 bits per heavy atom. The Balaban J connectivity index is 1.73. The van der Waals surface area contributed by atoms with Crippen LogP contribution in [0.25, 0.3) is 22.0 Å². The van der Waals surface area contributed by atoms with Crippen molar-refractivity contribution in [1.29, 1.82) is 5.26 Å². The molecule has 4 rings (SSSR count). The highest BCUT2D eigenvalue weighted by atomic mass is 35.5. The molecule has 0 aliphatic rings. The molecule has 0 aliphatic heterocycles. The van der Waals surface area contributed by atoms with Crippen LogP contribution >= 0.6 is 11.6 Å². The van der Waals surface area contributed by atoms with Crippen LogP contribution in [0.3, 0.4) is 0 Å². The third-order valence-corrected chi connectivity index (χ3v) is 5.10. The number of halogens is 1. The molecule has 4 aromatic rings. The molecule has 0 N–H and O–H groups in total. The number of nitriles is 1. The molecule has 29 heavy (non-hydrogen) atoms. The van der Waals surface area contributed by atoms with E-state index in [0.717, 1.165) is 39.7 Å². The number of aromatic nitrogens is 3. The highest BCUT2D eigenvalue weighted by molar-refractivity contribution is 6.32. The van der Waals surface area contributed by atoms with Gasteiger partial charge < -0.3 is 4.74 Å². The molecular weight excluding hydrogens is 384 g/mol. The van der Waals surface area contributed by atoms with E-state index in [-0.39, 0.29) is 0 Å². The zero-order valence-electron chi connectivity index (χ0n) is 15.8. The minimum atomic E-state index is 0.584. The smallest absolute Gasteiger partial charge is 0.137 e. The van der Waals surface area contributed by atoms with Crippen LogP contribution in [-0.2, 0) is 12.8 Å². The van der Waals surface area contributed by atoms with Gasteiger partial charge in [-0.15, -0.1) is 5.10 Å². The van der Waals surface area contributed by atoms with E-state index in [0.29, 0.717) is 22.8 Å². The second-order valence-corrected chi connectivity index (χ2v) is 6.98. The standard InChI is InChI=1S/C23H17ClN4O/c1-29-22-7-4-15(13-20(22)24)3-6-21-19-12-16(14-25)2-5-18(19)23(28-27-21)17-8-10-26-11-9-17/h2,4-5,7-13H,3,6H2,1H3. The van der Waals surface area contributed by atoms with Gasteiger partial charge in [0.2, 0.25) is 0 Å². The minimum absolute atomic E-state index is 0.584. The van der Waals surface area contributed by atoms with E-state index < -0.39 is 0 Å². The highest BCUT2D eigenvalue weighted by Gasteiger charge is 2.12. The first-order chi connectivity index (χ1) is 14.2. The van der Waals surface area contributed by atoms with Crippen LogP contribution < -0.4 is 4.74 Å². The van der Waals surface area contributed by atoms with Crippen LogP contribution in [0.4, 0.5) is 0 Å². The van der Waals surface area contributed by atoms with E-state index in [9.17, 15) is 5.26 Å². The SMILES string of the molecule is COc1ccc(CCc2nnc(-c3ccncc3)c3ccc(C#N)cc23)cc1Cl. The molecule has 0 spiro atoms. The number of methoxy groups -OCH3 is 1. The number of hydrogen-bond acceptors (Lipinski definition) is 5. The molecule has 2 aromatic heterocycles. The lowest BCUT2D eigenvalue weighted by atomic mass is 9.99. The summed E-state index contributed by atoms with van der Waals surface area (Å²) in [6.07, 6.45) is 4.89. The maximum Gasteiger partial charge on any atom is 0.137 e. The van der Waals surface area contributed by atoms with Crippen molar-refractivity contribution in [2.45, 2.75) is 12.8 Å². The summed E-state index contributed by atoms with van der Waals surface area (Å²) in [4.78, 5) is 4.07. The van der Waals surface area contributed by atoms with Crippen LogP contribution in [0.2, 0.25) is 5.02 Å². The van der Waals surface area contributed by atoms with Crippen molar-refractivity contribution < 1.29 is 4.74 Å². The number of nitrogens with zero attached hydrogens (tertiary/aromatic N) is 4. The largest absolute Gasteiger partial charge is 0.495 e. The topological polar surface area (TPSA) is 71.7 Å². The fourth-order valence-corrected chi connectivity index (χ4v) is 3.59. The fourth-order valence-electron chi connectivity index (χ4n) is 3.31. The molecule has 0 bridgehead atoms. The van der Waals surface area contributed by atoms with Crippen molar-refractivity contribution in [2.24, 2.45) is 0 Å². The molecule has 0 saturated heterocycles. The molecule has 0 aliphatic carbocycles. The Hall–Kier alpha value is -3.49. The van der Waals surface area contributed by atoms with E-state index >= 15 is 0 Å². The first-order valence-corrected chi connectivity index (χ1v) is 9.49. The van der Waals surface area contributed by atoms with Gasteiger partial charge in [0.25, 0.3) is 0 Å². The Morgan fingerprint density at radius 3 is 2.52 bits per heavy atom. The minimum Gasteiger partial charge on any atom is -0.495 e. The summed E-state index contributed by atoms with van der Waals surface area (Å²) in [7, 11) is 1.60. The van der Waals surface area contributed by atoms with Gasteiger partial charge in [0.1, 0.15) is 11.4 Å². The first-order valence-electron chi connectivity index (χ1n) is 9.12. The van der Waals surface area contributed by atoms with Crippen molar-refractivity contribution in [3.05, 3.63) is 82.8 Å². The van der Waals surface area contributed by atoms with Gasteiger partial charge in [-0.1, -0.05) is 23.7 Å². The number of aryl methyl sites for hydroxylation is 2. The Bertz CT molecular complexity index is 1220. The number of benzene rings is 2. The summed E-state index contributed by atoms with van der Waals surface area (Å²) in [5.74, 6) is 0.654. The lowest BCUT2D eigenvalue weighted by Crippen LogP contribution is -2.01. The van der Waals surface area contributed by atoms with Crippen molar-refractivity contribution in [3.63, 3.8) is 0 Å². The van der Waals surface area contributed by atoms with Gasteiger partial charge in [-0.25, -0.2) is 0 Å². The Morgan fingerprint density at radius 1 is 0.966 bits per heavy atom. The van der Waals surface area contributed by atoms with Crippen LogP contribution in [-0.4, -0.2) is 22.3 Å². The first kappa shape index (κ1) is 18.9. The lowest BCUT2D eigenvalue weighted by Gasteiger charge is -2.10. The molecule has 0 amide bonds. The molecule has 6 heteroatoms. The van der Waals surface area contributed by atoms with Gasteiger partial charge in [0.15, 0.2) is 0 Å². The predicted octanol–water partition coefficient (Wildman–Crippen LogP) is 5.01. The number of hydrogen-bond donors (Lipinski definition) is 0. The van der Waals surface area contributed by atoms with Crippen LogP contribution in [0.5, 0.6) is 5.75 Å². The average molecular weight is 401 g/mol. The number of pyridine rings is 1. The number of fused-ring (bicyclic) bond motifs is 1. The zero-order chi connectivity index (χ0) is 20.2. The Labute approximate surface area is 173 Å². The number of rotatable bonds is 5. The van der Waals surface area contributed by atoms with Crippen LogP contribution in [0.1, 0.15) is 16.8 Å².